The molecule has 1 aromatic rings. The van der Waals surface area contributed by atoms with Crippen LogP contribution in [0.1, 0.15) is 11.4 Å². The highest BCUT2D eigenvalue weighted by molar-refractivity contribution is 6.16. The molecule has 0 atom stereocenters. The van der Waals surface area contributed by atoms with E-state index in [0.29, 0.717) is 5.88 Å². The van der Waals surface area contributed by atoms with E-state index in [1.54, 1.807) is 0 Å². The number of alkyl halides is 1. The number of hydrogen-bond donors (Lipinski definition) is 1. The third-order valence-electron chi connectivity index (χ3n) is 0.955. The zero-order valence-electron chi connectivity index (χ0n) is 4.66. The van der Waals surface area contributed by atoms with Crippen LogP contribution in [0.5, 0.6) is 0 Å². The number of rotatable bonds is 1. The van der Waals surface area contributed by atoms with Gasteiger partial charge in [-0.3, -0.25) is 0 Å². The van der Waals surface area contributed by atoms with Crippen molar-refractivity contribution in [2.75, 3.05) is 0 Å². The van der Waals surface area contributed by atoms with Gasteiger partial charge in [0.2, 0.25) is 5.69 Å². The minimum atomic E-state index is 0.546. The third-order valence-corrected chi connectivity index (χ3v) is 1.24. The second kappa shape index (κ2) is 2.18. The topological polar surface area (TPSA) is 29.9 Å². The Balaban J connectivity index is 2.84. The highest BCUT2D eigenvalue weighted by atomic mass is 35.5. The molecule has 0 aliphatic rings. The van der Waals surface area contributed by atoms with Crippen molar-refractivity contribution >= 4 is 11.6 Å². The van der Waals surface area contributed by atoms with Crippen LogP contribution in [-0.4, -0.2) is 5.10 Å². The van der Waals surface area contributed by atoms with Crippen LogP contribution in [0.25, 0.3) is 0 Å². The van der Waals surface area contributed by atoms with Crippen molar-refractivity contribution in [3.05, 3.63) is 17.5 Å². The van der Waals surface area contributed by atoms with Gasteiger partial charge < -0.3 is 0 Å². The fourth-order valence-corrected chi connectivity index (χ4v) is 0.728. The maximum atomic E-state index is 5.49. The lowest BCUT2D eigenvalue weighted by Gasteiger charge is -1.68. The molecule has 0 saturated carbocycles. The van der Waals surface area contributed by atoms with Gasteiger partial charge in [-0.05, 0) is 6.92 Å². The normalized spacial score (nSPS) is 9.75. The van der Waals surface area contributed by atoms with E-state index in [1.807, 2.05) is 13.0 Å². The molecule has 2 nitrogen and oxygen atoms in total. The Kier molecular flexibility index (Phi) is 1.53. The zero-order chi connectivity index (χ0) is 5.98. The van der Waals surface area contributed by atoms with Crippen LogP contribution in [0.3, 0.4) is 0 Å². The van der Waals surface area contributed by atoms with Gasteiger partial charge >= 0.3 is 0 Å². The van der Waals surface area contributed by atoms with Crippen molar-refractivity contribution in [1.29, 1.82) is 0 Å². The second-order valence-electron chi connectivity index (χ2n) is 1.74. The number of nitrogens with one attached hydrogen (secondary N) is 2. The smallest absolute Gasteiger partial charge is 0.172 e. The van der Waals surface area contributed by atoms with Crippen LogP contribution in [0, 0.1) is 6.92 Å². The number of aryl methyl sites for hydroxylation is 1. The molecule has 0 spiro atoms. The molecule has 0 aliphatic heterocycles. The van der Waals surface area contributed by atoms with Crippen LogP contribution in [0.2, 0.25) is 0 Å². The molecule has 44 valence electrons. The first-order chi connectivity index (χ1) is 3.83. The van der Waals surface area contributed by atoms with E-state index in [4.69, 9.17) is 11.6 Å². The van der Waals surface area contributed by atoms with Crippen molar-refractivity contribution in [3.63, 3.8) is 0 Å². The first-order valence-electron chi connectivity index (χ1n) is 2.45. The second-order valence-corrected chi connectivity index (χ2v) is 2.00. The standard InChI is InChI=1S/C5H7ClN2/c1-4-2-5(3-6)8-7-4/h2H,3H2,1H3,(H,7,8)/p+1. The van der Waals surface area contributed by atoms with E-state index in [-0.39, 0.29) is 0 Å². The summed E-state index contributed by atoms with van der Waals surface area (Å²) in [5, 5.41) is 5.81. The van der Waals surface area contributed by atoms with Crippen LogP contribution in [0.4, 0.5) is 0 Å². The molecule has 1 aromatic heterocycles. The molecule has 1 heterocycles. The Hall–Kier alpha value is -0.500. The molecule has 2 N–H and O–H groups in total. The number of aromatic amines is 2. The van der Waals surface area contributed by atoms with Crippen molar-refractivity contribution in [3.8, 4) is 0 Å². The molecule has 1 rings (SSSR count). The Morgan fingerprint density at radius 1 is 1.88 bits per heavy atom. The van der Waals surface area contributed by atoms with Crippen molar-refractivity contribution in [1.82, 2.24) is 5.10 Å². The molecule has 0 fully saturated rings. The minimum absolute atomic E-state index is 0.546. The minimum Gasteiger partial charge on any atom is -0.172 e. The van der Waals surface area contributed by atoms with Gasteiger partial charge in [0, 0.05) is 6.07 Å². The summed E-state index contributed by atoms with van der Waals surface area (Å²) in [6, 6.07) is 1.98. The Labute approximate surface area is 52.9 Å². The molecule has 0 amide bonds. The van der Waals surface area contributed by atoms with E-state index in [9.17, 15) is 0 Å². The lowest BCUT2D eigenvalue weighted by molar-refractivity contribution is -0.458. The summed E-state index contributed by atoms with van der Waals surface area (Å²) in [4.78, 5) is 0. The van der Waals surface area contributed by atoms with E-state index in [0.717, 1.165) is 11.4 Å². The molecule has 0 saturated heterocycles. The van der Waals surface area contributed by atoms with E-state index < -0.39 is 0 Å². The van der Waals surface area contributed by atoms with Gasteiger partial charge in [-0.1, -0.05) is 0 Å². The molecule has 0 unspecified atom stereocenters. The van der Waals surface area contributed by atoms with Gasteiger partial charge in [0.05, 0.1) is 5.69 Å². The first-order valence-corrected chi connectivity index (χ1v) is 2.98. The summed E-state index contributed by atoms with van der Waals surface area (Å²) in [6.07, 6.45) is 0. The van der Waals surface area contributed by atoms with Crippen LogP contribution < -0.4 is 5.10 Å². The molecule has 8 heavy (non-hydrogen) atoms. The molecular formula is C5H8ClN2+. The Morgan fingerprint density at radius 3 is 2.88 bits per heavy atom. The molecular weight excluding hydrogens is 124 g/mol. The van der Waals surface area contributed by atoms with E-state index >= 15 is 0 Å². The summed E-state index contributed by atoms with van der Waals surface area (Å²) in [7, 11) is 0. The summed E-state index contributed by atoms with van der Waals surface area (Å²) in [5.41, 5.74) is 2.14. The summed E-state index contributed by atoms with van der Waals surface area (Å²) in [6.45, 7) is 1.98. The molecule has 3 heteroatoms. The number of halogens is 1. The van der Waals surface area contributed by atoms with Crippen molar-refractivity contribution in [2.24, 2.45) is 0 Å². The van der Waals surface area contributed by atoms with Crippen LogP contribution in [0.15, 0.2) is 6.07 Å². The van der Waals surface area contributed by atoms with Gasteiger partial charge in [0.15, 0.2) is 0 Å². The molecule has 0 radical (unpaired) electrons. The zero-order valence-corrected chi connectivity index (χ0v) is 5.42. The average Bonchev–Trinajstić information content (AvgIpc) is 2.14. The molecule has 0 aliphatic carbocycles. The average molecular weight is 132 g/mol. The predicted octanol–water partition coefficient (Wildman–Crippen LogP) is 0.876. The summed E-state index contributed by atoms with van der Waals surface area (Å²) < 4.78 is 0. The number of hydrogen-bond acceptors (Lipinski definition) is 0. The fourth-order valence-electron chi connectivity index (χ4n) is 0.584. The van der Waals surface area contributed by atoms with Crippen molar-refractivity contribution < 1.29 is 5.10 Å². The third kappa shape index (κ3) is 1.01. The van der Waals surface area contributed by atoms with E-state index in [2.05, 4.69) is 10.2 Å². The maximum Gasteiger partial charge on any atom is 0.220 e. The van der Waals surface area contributed by atoms with Gasteiger partial charge in [0.25, 0.3) is 0 Å². The predicted molar refractivity (Wildman–Crippen MR) is 31.6 cm³/mol. The van der Waals surface area contributed by atoms with Crippen LogP contribution >= 0.6 is 11.6 Å². The fraction of sp³-hybridized carbons (Fsp3) is 0.400. The quantitative estimate of drug-likeness (QED) is 0.549. The Bertz CT molecular complexity index is 171. The van der Waals surface area contributed by atoms with Crippen molar-refractivity contribution in [2.45, 2.75) is 12.8 Å². The lowest BCUT2D eigenvalue weighted by Crippen LogP contribution is -2.06. The Morgan fingerprint density at radius 2 is 2.62 bits per heavy atom. The highest BCUT2D eigenvalue weighted by Gasteiger charge is 1.99. The van der Waals surface area contributed by atoms with E-state index in [1.165, 1.54) is 0 Å². The largest absolute Gasteiger partial charge is 0.220 e. The summed E-state index contributed by atoms with van der Waals surface area (Å²) >= 11 is 5.49. The van der Waals surface area contributed by atoms with Gasteiger partial charge in [0.1, 0.15) is 5.88 Å². The number of H-pyrrole nitrogens is 2. The van der Waals surface area contributed by atoms with Crippen LogP contribution in [-0.2, 0) is 5.88 Å². The number of aromatic nitrogens is 2. The summed E-state index contributed by atoms with van der Waals surface area (Å²) in [5.74, 6) is 0.546. The lowest BCUT2D eigenvalue weighted by atomic mass is 10.4. The highest BCUT2D eigenvalue weighted by Crippen LogP contribution is 1.95. The SMILES string of the molecule is Cc1cc(CCl)[nH+][nH]1. The van der Waals surface area contributed by atoms with Gasteiger partial charge in [-0.25, -0.2) is 0 Å². The van der Waals surface area contributed by atoms with Gasteiger partial charge in [-0.2, -0.15) is 5.10 Å². The monoisotopic (exact) mass is 131 g/mol. The maximum absolute atomic E-state index is 5.49. The molecule has 0 aromatic carbocycles. The van der Waals surface area contributed by atoms with Gasteiger partial charge in [-0.15, -0.1) is 16.7 Å². The first kappa shape index (κ1) is 5.63. The molecule has 0 bridgehead atoms.